The van der Waals surface area contributed by atoms with Crippen LogP contribution in [0.4, 0.5) is 22.4 Å². The van der Waals surface area contributed by atoms with Crippen LogP contribution in [0, 0.1) is 34.1 Å². The van der Waals surface area contributed by atoms with Crippen LogP contribution in [0.15, 0.2) is 24.3 Å². The van der Waals surface area contributed by atoms with Gasteiger partial charge in [0.25, 0.3) is 0 Å². The van der Waals surface area contributed by atoms with Gasteiger partial charge in [-0.25, -0.2) is 22.4 Å². The highest BCUT2D eigenvalue weighted by Gasteiger charge is 2.56. The molecule has 2 atom stereocenters. The summed E-state index contributed by atoms with van der Waals surface area (Å²) < 4.78 is 85.5. The molecule has 0 heterocycles. The van der Waals surface area contributed by atoms with Gasteiger partial charge in [0, 0.05) is 29.8 Å². The highest BCUT2D eigenvalue weighted by Crippen LogP contribution is 2.44. The van der Waals surface area contributed by atoms with E-state index in [4.69, 9.17) is 23.7 Å². The molecule has 12 nitrogen and oxygen atoms in total. The molecule has 2 aromatic carbocycles. The first-order valence-electron chi connectivity index (χ1n) is 28.4. The minimum absolute atomic E-state index is 0.00926. The van der Waals surface area contributed by atoms with Gasteiger partial charge in [-0.05, 0) is 110 Å². The molecule has 2 aliphatic carbocycles. The summed E-state index contributed by atoms with van der Waals surface area (Å²) in [4.78, 5) is 65.1. The van der Waals surface area contributed by atoms with Crippen LogP contribution in [0.25, 0.3) is 0 Å². The molecule has 2 aliphatic rings. The van der Waals surface area contributed by atoms with Crippen molar-refractivity contribution in [2.24, 2.45) is 10.8 Å². The van der Waals surface area contributed by atoms with Gasteiger partial charge in [-0.1, -0.05) is 128 Å². The topological polar surface area (TPSA) is 147 Å². The van der Waals surface area contributed by atoms with E-state index in [9.17, 15) is 32.8 Å². The van der Waals surface area contributed by atoms with E-state index < -0.39 is 70.1 Å². The van der Waals surface area contributed by atoms with Crippen LogP contribution in [0.3, 0.4) is 0 Å². The van der Waals surface area contributed by atoms with Gasteiger partial charge in [0.1, 0.15) is 0 Å². The Morgan fingerprint density at radius 2 is 0.840 bits per heavy atom. The number of benzene rings is 2. The van der Waals surface area contributed by atoms with E-state index in [2.05, 4.69) is 19.2 Å². The summed E-state index contributed by atoms with van der Waals surface area (Å²) in [5.74, 6) is -6.06. The number of hydrogen-bond acceptors (Lipinski definition) is 11. The van der Waals surface area contributed by atoms with E-state index in [1.807, 2.05) is 0 Å². The lowest BCUT2D eigenvalue weighted by Crippen LogP contribution is -2.44. The maximum Gasteiger partial charge on any atom is 0.410 e. The molecule has 2 aromatic rings. The lowest BCUT2D eigenvalue weighted by atomic mass is 9.86. The number of nitrogens with zero attached hydrogens (tertiary/aromatic N) is 1. The number of amides is 1. The normalized spacial score (nSPS) is 16.4. The molecular weight excluding hydrogens is 973 g/mol. The molecule has 0 aliphatic heterocycles. The number of unbranched alkanes of at least 4 members (excludes halogenated alkanes) is 14. The third kappa shape index (κ3) is 19.4. The number of carbonyl (C=O) groups is 5. The minimum atomic E-state index is -1.56. The van der Waals surface area contributed by atoms with Crippen LogP contribution in [0.2, 0.25) is 0 Å². The Kier molecular flexibility index (Phi) is 30.0. The van der Waals surface area contributed by atoms with E-state index in [0.29, 0.717) is 36.8 Å². The molecule has 2 fully saturated rings. The first kappa shape index (κ1) is 64.6. The molecule has 0 radical (unpaired) electrons. The standard InChI is InChI=1S/C31H47F2NO6.C28H43F2NO4/c1-5-9-10-11-12-13-14-15-16-23-17-18-24(27(33)26(23)32)22-34(30(37)40-8-4)25-19-20-31(21-25,28(35)38-6-2)29(36)39-7-3;1-4-7-8-9-10-11-12-13-14-21-15-16-22(25(30)24(21)29)20-31-23-17-18-28(19-23,26(32)34-5-2)27(33)35-6-3/h17-18,25H,5-16,19-22H2,1-4H3;15-16,23,31H,4-14,17-20H2,1-3H3. The molecule has 424 valence electrons. The van der Waals surface area contributed by atoms with Crippen LogP contribution >= 0.6 is 0 Å². The Labute approximate surface area is 445 Å². The molecule has 1 amide bonds. The van der Waals surface area contributed by atoms with Gasteiger partial charge in [0.2, 0.25) is 0 Å². The van der Waals surface area contributed by atoms with Gasteiger partial charge in [-0.2, -0.15) is 0 Å². The van der Waals surface area contributed by atoms with Crippen molar-refractivity contribution in [1.29, 1.82) is 0 Å². The Balaban J connectivity index is 0.000000399. The highest BCUT2D eigenvalue weighted by atomic mass is 19.2. The van der Waals surface area contributed by atoms with Crippen molar-refractivity contribution in [1.82, 2.24) is 10.2 Å². The van der Waals surface area contributed by atoms with Crippen molar-refractivity contribution >= 4 is 30.0 Å². The van der Waals surface area contributed by atoms with Crippen LogP contribution in [-0.2, 0) is 68.8 Å². The summed E-state index contributed by atoms with van der Waals surface area (Å²) in [6, 6.07) is 5.55. The SMILES string of the molecule is CCCCCCCCCCc1ccc(CN(C(=O)OCC)C2CCC(C(=O)OCC)(C(=O)OCC)C2)c(F)c1F.CCCCCCCCCCc1ccc(CNC2CCC(C(=O)OCC)(C(=O)OCC)C2)c(F)c1F. The Morgan fingerprint density at radius 3 is 1.28 bits per heavy atom. The highest BCUT2D eigenvalue weighted by molar-refractivity contribution is 6.01. The number of carbonyl (C=O) groups excluding carboxylic acids is 5. The maximum absolute atomic E-state index is 15.2. The van der Waals surface area contributed by atoms with E-state index in [1.54, 1.807) is 52.8 Å². The average Bonchev–Trinajstić information content (AvgIpc) is 4.05. The zero-order valence-electron chi connectivity index (χ0n) is 46.4. The second-order valence-electron chi connectivity index (χ2n) is 20.1. The van der Waals surface area contributed by atoms with Crippen LogP contribution in [-0.4, -0.2) is 80.0 Å². The van der Waals surface area contributed by atoms with Crippen molar-refractivity contribution in [3.63, 3.8) is 0 Å². The van der Waals surface area contributed by atoms with Crippen LogP contribution in [0.1, 0.15) is 212 Å². The molecule has 0 spiro atoms. The number of nitrogens with one attached hydrogen (secondary N) is 1. The van der Waals surface area contributed by atoms with Crippen LogP contribution in [0.5, 0.6) is 0 Å². The molecule has 0 aromatic heterocycles. The number of aryl methyl sites for hydroxylation is 2. The third-order valence-electron chi connectivity index (χ3n) is 14.6. The number of halogens is 4. The largest absolute Gasteiger partial charge is 0.465 e. The van der Waals surface area contributed by atoms with E-state index in [-0.39, 0.29) is 89.0 Å². The van der Waals surface area contributed by atoms with E-state index >= 15 is 8.78 Å². The number of esters is 4. The number of ether oxygens (including phenoxy) is 5. The molecule has 1 N–H and O–H groups in total. The fraction of sp³-hybridized carbons (Fsp3) is 0.712. The monoisotopic (exact) mass is 1060 g/mol. The fourth-order valence-corrected chi connectivity index (χ4v) is 10.3. The summed E-state index contributed by atoms with van der Waals surface area (Å²) in [5.41, 5.74) is -1.92. The quantitative estimate of drug-likeness (QED) is 0.0239. The summed E-state index contributed by atoms with van der Waals surface area (Å²) in [5, 5.41) is 3.19. The Hall–Kier alpha value is -4.73. The molecule has 2 unspecified atom stereocenters. The zero-order chi connectivity index (χ0) is 55.2. The smallest absolute Gasteiger partial charge is 0.410 e. The predicted molar refractivity (Wildman–Crippen MR) is 281 cm³/mol. The Bertz CT molecular complexity index is 2030. The molecule has 4 rings (SSSR count). The predicted octanol–water partition coefficient (Wildman–Crippen LogP) is 13.7. The van der Waals surface area contributed by atoms with Gasteiger partial charge in [0.15, 0.2) is 34.1 Å². The lowest BCUT2D eigenvalue weighted by Gasteiger charge is -2.30. The molecule has 75 heavy (non-hydrogen) atoms. The maximum atomic E-state index is 15.2. The fourth-order valence-electron chi connectivity index (χ4n) is 10.3. The van der Waals surface area contributed by atoms with Crippen molar-refractivity contribution in [2.75, 3.05) is 33.0 Å². The minimum Gasteiger partial charge on any atom is -0.465 e. The van der Waals surface area contributed by atoms with E-state index in [1.165, 1.54) is 68.8 Å². The van der Waals surface area contributed by atoms with Gasteiger partial charge < -0.3 is 33.9 Å². The molecule has 2 saturated carbocycles. The van der Waals surface area contributed by atoms with Gasteiger partial charge in [-0.15, -0.1) is 0 Å². The van der Waals surface area contributed by atoms with Crippen LogP contribution < -0.4 is 5.32 Å². The average molecular weight is 1060 g/mol. The summed E-state index contributed by atoms with van der Waals surface area (Å²) >= 11 is 0. The first-order valence-corrected chi connectivity index (χ1v) is 28.4. The third-order valence-corrected chi connectivity index (χ3v) is 14.6. The van der Waals surface area contributed by atoms with Crippen molar-refractivity contribution < 1.29 is 65.2 Å². The van der Waals surface area contributed by atoms with Crippen molar-refractivity contribution in [3.05, 3.63) is 69.8 Å². The summed E-state index contributed by atoms with van der Waals surface area (Å²) in [6.07, 6.45) is 19.8. The molecular formula is C59H90F4N2O10. The Morgan fingerprint density at radius 1 is 0.480 bits per heavy atom. The second kappa shape index (κ2) is 34.8. The first-order chi connectivity index (χ1) is 36.1. The number of rotatable bonds is 33. The van der Waals surface area contributed by atoms with Gasteiger partial charge in [-0.3, -0.25) is 19.2 Å². The molecule has 16 heteroatoms. The summed E-state index contributed by atoms with van der Waals surface area (Å²) in [7, 11) is 0. The molecule has 0 saturated heterocycles. The van der Waals surface area contributed by atoms with Crippen molar-refractivity contribution in [3.8, 4) is 0 Å². The van der Waals surface area contributed by atoms with E-state index in [0.717, 1.165) is 44.9 Å². The summed E-state index contributed by atoms with van der Waals surface area (Å²) in [6.45, 7) is 13.2. The number of hydrogen-bond donors (Lipinski definition) is 1. The van der Waals surface area contributed by atoms with Gasteiger partial charge >= 0.3 is 30.0 Å². The van der Waals surface area contributed by atoms with Gasteiger partial charge in [0.05, 0.1) is 39.6 Å². The van der Waals surface area contributed by atoms with Crippen molar-refractivity contribution in [2.45, 2.75) is 228 Å². The zero-order valence-corrected chi connectivity index (χ0v) is 46.4. The lowest BCUT2D eigenvalue weighted by molar-refractivity contribution is -0.173. The second-order valence-corrected chi connectivity index (χ2v) is 20.1. The molecule has 0 bridgehead atoms.